The van der Waals surface area contributed by atoms with Gasteiger partial charge in [0.25, 0.3) is 0 Å². The Labute approximate surface area is 332 Å². The van der Waals surface area contributed by atoms with E-state index >= 15 is 0 Å². The minimum absolute atomic E-state index is 0.479. The molecule has 0 fully saturated rings. The highest BCUT2D eigenvalue weighted by molar-refractivity contribution is 6.10. The molecule has 0 bridgehead atoms. The van der Waals surface area contributed by atoms with E-state index in [1.807, 2.05) is 0 Å². The number of fused-ring (bicyclic) bond motifs is 6. The summed E-state index contributed by atoms with van der Waals surface area (Å²) >= 11 is 0. The quantitative estimate of drug-likeness (QED) is 0.163. The molecule has 11 rings (SSSR count). The van der Waals surface area contributed by atoms with Crippen molar-refractivity contribution in [1.29, 1.82) is 0 Å². The fraction of sp³-hybridized carbons (Fsp3) is 0.0182. The van der Waals surface area contributed by atoms with E-state index in [1.165, 1.54) is 33.4 Å². The first-order chi connectivity index (χ1) is 28.3. The van der Waals surface area contributed by atoms with Gasteiger partial charge in [-0.25, -0.2) is 0 Å². The van der Waals surface area contributed by atoms with Crippen molar-refractivity contribution in [2.45, 2.75) is 5.41 Å². The molecule has 0 radical (unpaired) electrons. The molecule has 0 aliphatic heterocycles. The molecule has 1 aliphatic carbocycles. The SMILES string of the molecule is c1ccc(N(c2ccccc2)c2ccc(-c3cccc(-c4cccc5c4oc4cc(C6(c7ccccc7)c7ccccc7-c7ccccc76)ccc45)c3)cc2)cc1. The van der Waals surface area contributed by atoms with Gasteiger partial charge >= 0.3 is 0 Å². The van der Waals surface area contributed by atoms with Crippen molar-refractivity contribution in [2.24, 2.45) is 0 Å². The van der Waals surface area contributed by atoms with E-state index in [0.29, 0.717) is 0 Å². The van der Waals surface area contributed by atoms with Crippen LogP contribution in [0, 0.1) is 0 Å². The van der Waals surface area contributed by atoms with Crippen LogP contribution in [0.1, 0.15) is 22.3 Å². The second-order valence-corrected chi connectivity index (χ2v) is 14.8. The molecule has 0 spiro atoms. The summed E-state index contributed by atoms with van der Waals surface area (Å²) < 4.78 is 6.96. The predicted molar refractivity (Wildman–Crippen MR) is 237 cm³/mol. The molecular weight excluding hydrogens is 691 g/mol. The second kappa shape index (κ2) is 13.4. The van der Waals surface area contributed by atoms with E-state index in [2.05, 4.69) is 229 Å². The molecular formula is C55H37NO. The molecule has 0 N–H and O–H groups in total. The summed E-state index contributed by atoms with van der Waals surface area (Å²) in [7, 11) is 0. The fourth-order valence-electron chi connectivity index (χ4n) is 9.24. The van der Waals surface area contributed by atoms with Crippen LogP contribution in [0.4, 0.5) is 17.1 Å². The van der Waals surface area contributed by atoms with Gasteiger partial charge in [0, 0.05) is 33.4 Å². The summed E-state index contributed by atoms with van der Waals surface area (Å²) in [5.41, 5.74) is 16.8. The summed E-state index contributed by atoms with van der Waals surface area (Å²) in [6, 6.07) is 80.8. The van der Waals surface area contributed by atoms with E-state index in [-0.39, 0.29) is 0 Å². The molecule has 268 valence electrons. The van der Waals surface area contributed by atoms with Crippen LogP contribution >= 0.6 is 0 Å². The smallest absolute Gasteiger partial charge is 0.143 e. The van der Waals surface area contributed by atoms with Gasteiger partial charge in [-0.05, 0) is 98.6 Å². The normalized spacial score (nSPS) is 12.7. The van der Waals surface area contributed by atoms with E-state index in [1.54, 1.807) is 0 Å². The molecule has 10 aromatic rings. The van der Waals surface area contributed by atoms with Gasteiger partial charge in [0.2, 0.25) is 0 Å². The lowest BCUT2D eigenvalue weighted by Gasteiger charge is -2.33. The van der Waals surface area contributed by atoms with Crippen molar-refractivity contribution in [1.82, 2.24) is 0 Å². The average Bonchev–Trinajstić information content (AvgIpc) is 3.82. The van der Waals surface area contributed by atoms with Crippen molar-refractivity contribution in [3.05, 3.63) is 247 Å². The van der Waals surface area contributed by atoms with Gasteiger partial charge in [0.1, 0.15) is 11.2 Å². The third-order valence-corrected chi connectivity index (χ3v) is 11.8. The van der Waals surface area contributed by atoms with Crippen molar-refractivity contribution in [3.8, 4) is 33.4 Å². The number of benzene rings is 9. The molecule has 0 unspecified atom stereocenters. The number of furan rings is 1. The molecule has 0 atom stereocenters. The molecule has 1 aliphatic rings. The number of para-hydroxylation sites is 3. The molecule has 2 nitrogen and oxygen atoms in total. The summed E-state index contributed by atoms with van der Waals surface area (Å²) in [4.78, 5) is 2.29. The zero-order valence-electron chi connectivity index (χ0n) is 31.2. The van der Waals surface area contributed by atoms with Crippen LogP contribution < -0.4 is 4.90 Å². The Hall–Kier alpha value is -7.42. The number of rotatable bonds is 7. The Morgan fingerprint density at radius 2 is 0.877 bits per heavy atom. The van der Waals surface area contributed by atoms with Crippen molar-refractivity contribution >= 4 is 39.0 Å². The summed E-state index contributed by atoms with van der Waals surface area (Å²) in [6.07, 6.45) is 0. The second-order valence-electron chi connectivity index (χ2n) is 14.8. The third-order valence-electron chi connectivity index (χ3n) is 11.8. The predicted octanol–water partition coefficient (Wildman–Crippen LogP) is 14.8. The van der Waals surface area contributed by atoms with Crippen molar-refractivity contribution < 1.29 is 4.42 Å². The largest absolute Gasteiger partial charge is 0.455 e. The Kier molecular flexibility index (Phi) is 7.75. The zero-order chi connectivity index (χ0) is 37.8. The van der Waals surface area contributed by atoms with Crippen LogP contribution in [-0.4, -0.2) is 0 Å². The first kappa shape index (κ1) is 33.0. The standard InChI is InChI=1S/C55H37NO/c1-4-18-41(19-5-1)55(51-28-12-10-24-47(51)48-25-11-13-29-52(48)55)42-32-35-49-50-27-15-26-46(54(50)57-53(49)37-42)40-17-14-16-39(36-40)38-30-33-45(34-31-38)56(43-20-6-2-7-21-43)44-22-8-3-9-23-44/h1-37H. The van der Waals surface area contributed by atoms with Crippen LogP contribution in [0.25, 0.3) is 55.3 Å². The molecule has 9 aromatic carbocycles. The molecule has 0 saturated carbocycles. The lowest BCUT2D eigenvalue weighted by molar-refractivity contribution is 0.666. The van der Waals surface area contributed by atoms with Gasteiger partial charge in [-0.2, -0.15) is 0 Å². The van der Waals surface area contributed by atoms with Gasteiger partial charge < -0.3 is 9.32 Å². The van der Waals surface area contributed by atoms with Crippen LogP contribution in [-0.2, 0) is 5.41 Å². The highest BCUT2D eigenvalue weighted by atomic mass is 16.3. The first-order valence-corrected chi connectivity index (χ1v) is 19.6. The van der Waals surface area contributed by atoms with E-state index in [4.69, 9.17) is 4.42 Å². The molecule has 1 aromatic heterocycles. The first-order valence-electron chi connectivity index (χ1n) is 19.6. The highest BCUT2D eigenvalue weighted by Gasteiger charge is 2.46. The van der Waals surface area contributed by atoms with Gasteiger partial charge in [-0.15, -0.1) is 0 Å². The maximum Gasteiger partial charge on any atom is 0.143 e. The minimum Gasteiger partial charge on any atom is -0.455 e. The highest BCUT2D eigenvalue weighted by Crippen LogP contribution is 2.56. The molecule has 2 heteroatoms. The minimum atomic E-state index is -0.479. The Morgan fingerprint density at radius 1 is 0.333 bits per heavy atom. The average molecular weight is 728 g/mol. The number of anilines is 3. The molecule has 0 saturated heterocycles. The fourth-order valence-corrected chi connectivity index (χ4v) is 9.24. The van der Waals surface area contributed by atoms with E-state index < -0.39 is 5.41 Å². The number of hydrogen-bond donors (Lipinski definition) is 0. The number of nitrogens with zero attached hydrogens (tertiary/aromatic N) is 1. The van der Waals surface area contributed by atoms with Crippen molar-refractivity contribution in [3.63, 3.8) is 0 Å². The number of hydrogen-bond acceptors (Lipinski definition) is 2. The lowest BCUT2D eigenvalue weighted by Crippen LogP contribution is -2.28. The molecule has 57 heavy (non-hydrogen) atoms. The third kappa shape index (κ3) is 5.26. The molecule has 0 amide bonds. The van der Waals surface area contributed by atoms with Crippen LogP contribution in [0.2, 0.25) is 0 Å². The van der Waals surface area contributed by atoms with Gasteiger partial charge in [-0.1, -0.05) is 176 Å². The Balaban J connectivity index is 1.00. The maximum absolute atomic E-state index is 6.96. The van der Waals surface area contributed by atoms with E-state index in [9.17, 15) is 0 Å². The lowest BCUT2D eigenvalue weighted by atomic mass is 9.67. The summed E-state index contributed by atoms with van der Waals surface area (Å²) in [6.45, 7) is 0. The Morgan fingerprint density at radius 3 is 1.54 bits per heavy atom. The van der Waals surface area contributed by atoms with Gasteiger partial charge in [0.15, 0.2) is 0 Å². The Bertz CT molecular complexity index is 2970. The van der Waals surface area contributed by atoms with Crippen LogP contribution in [0.5, 0.6) is 0 Å². The topological polar surface area (TPSA) is 16.4 Å². The van der Waals surface area contributed by atoms with E-state index in [0.717, 1.165) is 61.3 Å². The van der Waals surface area contributed by atoms with Gasteiger partial charge in [0.05, 0.1) is 5.41 Å². The monoisotopic (exact) mass is 727 g/mol. The zero-order valence-corrected chi connectivity index (χ0v) is 31.2. The van der Waals surface area contributed by atoms with Gasteiger partial charge in [-0.3, -0.25) is 0 Å². The van der Waals surface area contributed by atoms with Crippen LogP contribution in [0.15, 0.2) is 229 Å². The van der Waals surface area contributed by atoms with Crippen molar-refractivity contribution in [2.75, 3.05) is 4.90 Å². The molecule has 1 heterocycles. The maximum atomic E-state index is 6.96. The van der Waals surface area contributed by atoms with Crippen LogP contribution in [0.3, 0.4) is 0 Å². The summed E-state index contributed by atoms with van der Waals surface area (Å²) in [5, 5.41) is 2.23. The summed E-state index contributed by atoms with van der Waals surface area (Å²) in [5.74, 6) is 0.